The second-order valence-corrected chi connectivity index (χ2v) is 5.71. The minimum Gasteiger partial charge on any atom is -0.467 e. The molecule has 0 bridgehead atoms. The number of nitrogens with one attached hydrogen (secondary N) is 1. The lowest BCUT2D eigenvalue weighted by molar-refractivity contribution is -0.151. The maximum atomic E-state index is 12.4. The quantitative estimate of drug-likeness (QED) is 0.698. The number of amides is 1. The average Bonchev–Trinajstić information content (AvgIpc) is 2.51. The molecule has 1 aliphatic rings. The zero-order valence-electron chi connectivity index (χ0n) is 12.7. The summed E-state index contributed by atoms with van der Waals surface area (Å²) in [4.78, 5) is 24.5. The third-order valence-corrected chi connectivity index (χ3v) is 4.22. The van der Waals surface area contributed by atoms with Crippen molar-refractivity contribution >= 4 is 11.9 Å². The molecule has 20 heavy (non-hydrogen) atoms. The highest BCUT2D eigenvalue weighted by atomic mass is 16.5. The normalized spacial score (nSPS) is 19.1. The second kappa shape index (κ2) is 8.25. The monoisotopic (exact) mass is 284 g/mol. The Morgan fingerprint density at radius 1 is 1.30 bits per heavy atom. The topological polar surface area (TPSA) is 81.4 Å². The minimum atomic E-state index is -1.06. The summed E-state index contributed by atoms with van der Waals surface area (Å²) in [7, 11) is 1.34. The maximum absolute atomic E-state index is 12.4. The van der Waals surface area contributed by atoms with Gasteiger partial charge in [0.15, 0.2) is 0 Å². The largest absolute Gasteiger partial charge is 0.467 e. The Bertz CT molecular complexity index is 327. The lowest BCUT2D eigenvalue weighted by Crippen LogP contribution is -2.60. The Morgan fingerprint density at radius 3 is 2.45 bits per heavy atom. The van der Waals surface area contributed by atoms with Crippen LogP contribution in [0.5, 0.6) is 0 Å². The van der Waals surface area contributed by atoms with Gasteiger partial charge in [0.25, 0.3) is 0 Å². The SMILES string of the molecule is CCCCC(CN)(NC(=O)C1CCCCC1)C(=O)OC. The molecule has 5 nitrogen and oxygen atoms in total. The van der Waals surface area contributed by atoms with Crippen LogP contribution in [-0.2, 0) is 14.3 Å². The van der Waals surface area contributed by atoms with Gasteiger partial charge in [0.05, 0.1) is 7.11 Å². The number of nitrogens with two attached hydrogens (primary N) is 1. The van der Waals surface area contributed by atoms with E-state index in [-0.39, 0.29) is 18.4 Å². The van der Waals surface area contributed by atoms with Crippen LogP contribution in [0.4, 0.5) is 0 Å². The molecule has 1 aliphatic carbocycles. The molecule has 0 spiro atoms. The number of methoxy groups -OCH3 is 1. The number of hydrogen-bond acceptors (Lipinski definition) is 4. The molecule has 0 aromatic carbocycles. The number of unbranched alkanes of at least 4 members (excludes halogenated alkanes) is 1. The first-order valence-electron chi connectivity index (χ1n) is 7.70. The van der Waals surface area contributed by atoms with E-state index in [1.807, 2.05) is 6.92 Å². The van der Waals surface area contributed by atoms with Crippen LogP contribution >= 0.6 is 0 Å². The van der Waals surface area contributed by atoms with Crippen LogP contribution < -0.4 is 11.1 Å². The minimum absolute atomic E-state index is 0.0148. The molecule has 5 heteroatoms. The Hall–Kier alpha value is -1.10. The third kappa shape index (κ3) is 4.20. The lowest BCUT2D eigenvalue weighted by atomic mass is 9.86. The molecule has 1 unspecified atom stereocenters. The van der Waals surface area contributed by atoms with E-state index in [9.17, 15) is 9.59 Å². The molecule has 116 valence electrons. The van der Waals surface area contributed by atoms with Crippen LogP contribution in [0.15, 0.2) is 0 Å². The third-order valence-electron chi connectivity index (χ3n) is 4.22. The molecule has 1 amide bonds. The number of rotatable bonds is 7. The summed E-state index contributed by atoms with van der Waals surface area (Å²) in [5.41, 5.74) is 4.73. The van der Waals surface area contributed by atoms with Gasteiger partial charge < -0.3 is 15.8 Å². The highest BCUT2D eigenvalue weighted by molar-refractivity contribution is 5.89. The molecule has 1 rings (SSSR count). The molecule has 0 saturated heterocycles. The van der Waals surface area contributed by atoms with Crippen molar-refractivity contribution in [3.8, 4) is 0 Å². The van der Waals surface area contributed by atoms with Gasteiger partial charge in [-0.15, -0.1) is 0 Å². The van der Waals surface area contributed by atoms with Crippen LogP contribution in [0.1, 0.15) is 58.3 Å². The van der Waals surface area contributed by atoms with Crippen molar-refractivity contribution in [3.05, 3.63) is 0 Å². The standard InChI is InChI=1S/C15H28N2O3/c1-3-4-10-15(11-16,14(19)20-2)17-13(18)12-8-6-5-7-9-12/h12H,3-11,16H2,1-2H3,(H,17,18). The van der Waals surface area contributed by atoms with E-state index in [1.165, 1.54) is 13.5 Å². The molecule has 0 aromatic rings. The Balaban J connectivity index is 2.75. The maximum Gasteiger partial charge on any atom is 0.332 e. The van der Waals surface area contributed by atoms with Gasteiger partial charge in [-0.3, -0.25) is 4.79 Å². The van der Waals surface area contributed by atoms with E-state index < -0.39 is 11.5 Å². The first kappa shape index (κ1) is 17.0. The molecule has 1 fully saturated rings. The van der Waals surface area contributed by atoms with Crippen LogP contribution in [0.25, 0.3) is 0 Å². The van der Waals surface area contributed by atoms with Crippen molar-refractivity contribution in [2.24, 2.45) is 11.7 Å². The molecular weight excluding hydrogens is 256 g/mol. The molecule has 0 radical (unpaired) electrons. The fourth-order valence-electron chi connectivity index (χ4n) is 2.83. The van der Waals surface area contributed by atoms with Crippen LogP contribution in [0.3, 0.4) is 0 Å². The van der Waals surface area contributed by atoms with E-state index >= 15 is 0 Å². The predicted molar refractivity (Wildman–Crippen MR) is 78.0 cm³/mol. The van der Waals surface area contributed by atoms with E-state index in [2.05, 4.69) is 5.32 Å². The smallest absolute Gasteiger partial charge is 0.332 e. The van der Waals surface area contributed by atoms with Crippen molar-refractivity contribution in [1.82, 2.24) is 5.32 Å². The van der Waals surface area contributed by atoms with Gasteiger partial charge >= 0.3 is 5.97 Å². The number of carbonyl (C=O) groups excluding carboxylic acids is 2. The van der Waals surface area contributed by atoms with Crippen molar-refractivity contribution < 1.29 is 14.3 Å². The fourth-order valence-corrected chi connectivity index (χ4v) is 2.83. The highest BCUT2D eigenvalue weighted by Gasteiger charge is 2.40. The predicted octanol–water partition coefficient (Wildman–Crippen LogP) is 1.74. The summed E-state index contributed by atoms with van der Waals surface area (Å²) >= 11 is 0. The molecule has 0 heterocycles. The number of hydrogen-bond donors (Lipinski definition) is 2. The van der Waals surface area contributed by atoms with Crippen molar-refractivity contribution in [2.45, 2.75) is 63.8 Å². The van der Waals surface area contributed by atoms with Gasteiger partial charge in [-0.05, 0) is 19.3 Å². The molecule has 0 aliphatic heterocycles. The summed E-state index contributed by atoms with van der Waals surface area (Å²) in [6.07, 6.45) is 7.48. The molecule has 0 aromatic heterocycles. The number of carbonyl (C=O) groups is 2. The first-order valence-corrected chi connectivity index (χ1v) is 7.70. The van der Waals surface area contributed by atoms with Crippen LogP contribution in [0.2, 0.25) is 0 Å². The summed E-state index contributed by atoms with van der Waals surface area (Å²) in [5.74, 6) is -0.463. The van der Waals surface area contributed by atoms with E-state index in [1.54, 1.807) is 0 Å². The van der Waals surface area contributed by atoms with Gasteiger partial charge in [-0.25, -0.2) is 4.79 Å². The van der Waals surface area contributed by atoms with Gasteiger partial charge in [0.1, 0.15) is 5.54 Å². The molecule has 3 N–H and O–H groups in total. The van der Waals surface area contributed by atoms with Crippen molar-refractivity contribution in [3.63, 3.8) is 0 Å². The van der Waals surface area contributed by atoms with E-state index in [0.29, 0.717) is 6.42 Å². The van der Waals surface area contributed by atoms with Crippen molar-refractivity contribution in [2.75, 3.05) is 13.7 Å². The van der Waals surface area contributed by atoms with Gasteiger partial charge in [0.2, 0.25) is 5.91 Å². The van der Waals surface area contributed by atoms with E-state index in [0.717, 1.165) is 38.5 Å². The Morgan fingerprint density at radius 2 is 1.95 bits per heavy atom. The summed E-state index contributed by atoms with van der Waals surface area (Å²) in [6, 6.07) is 0. The highest BCUT2D eigenvalue weighted by Crippen LogP contribution is 2.25. The Labute approximate surface area is 121 Å². The zero-order chi connectivity index (χ0) is 15.0. The fraction of sp³-hybridized carbons (Fsp3) is 0.867. The second-order valence-electron chi connectivity index (χ2n) is 5.71. The average molecular weight is 284 g/mol. The van der Waals surface area contributed by atoms with Gasteiger partial charge in [0, 0.05) is 12.5 Å². The molecular formula is C15H28N2O3. The summed E-state index contributed by atoms with van der Waals surface area (Å²) in [5, 5.41) is 2.90. The zero-order valence-corrected chi connectivity index (χ0v) is 12.7. The van der Waals surface area contributed by atoms with Gasteiger partial charge in [-0.1, -0.05) is 39.0 Å². The molecule has 1 atom stereocenters. The van der Waals surface area contributed by atoms with Crippen LogP contribution in [0, 0.1) is 5.92 Å². The number of esters is 1. The summed E-state index contributed by atoms with van der Waals surface area (Å²) < 4.78 is 4.86. The Kier molecular flexibility index (Phi) is 6.99. The summed E-state index contributed by atoms with van der Waals surface area (Å²) in [6.45, 7) is 2.12. The first-order chi connectivity index (χ1) is 9.59. The molecule has 1 saturated carbocycles. The van der Waals surface area contributed by atoms with E-state index in [4.69, 9.17) is 10.5 Å². The lowest BCUT2D eigenvalue weighted by Gasteiger charge is -2.33. The number of ether oxygens (including phenoxy) is 1. The van der Waals surface area contributed by atoms with Gasteiger partial charge in [-0.2, -0.15) is 0 Å². The van der Waals surface area contributed by atoms with Crippen molar-refractivity contribution in [1.29, 1.82) is 0 Å². The van der Waals surface area contributed by atoms with Crippen LogP contribution in [-0.4, -0.2) is 31.1 Å².